The van der Waals surface area contributed by atoms with Crippen LogP contribution in [0.3, 0.4) is 0 Å². The molecule has 2 aromatic rings. The molecule has 0 aliphatic heterocycles. The van der Waals surface area contributed by atoms with Crippen molar-refractivity contribution in [2.75, 3.05) is 12.3 Å². The van der Waals surface area contributed by atoms with Crippen LogP contribution in [-0.4, -0.2) is 24.9 Å². The van der Waals surface area contributed by atoms with Gasteiger partial charge in [0.15, 0.2) is 0 Å². The Labute approximate surface area is 119 Å². The molecule has 0 bridgehead atoms. The third-order valence-corrected chi connectivity index (χ3v) is 4.91. The van der Waals surface area contributed by atoms with E-state index < -0.39 is 10.0 Å². The summed E-state index contributed by atoms with van der Waals surface area (Å²) in [6, 6.07) is 4.65. The van der Waals surface area contributed by atoms with Crippen molar-refractivity contribution in [2.24, 2.45) is 0 Å². The molecule has 6 nitrogen and oxygen atoms in total. The van der Waals surface area contributed by atoms with Crippen molar-refractivity contribution in [1.29, 1.82) is 0 Å². The number of nitrogens with two attached hydrogens (primary N) is 1. The Morgan fingerprint density at radius 1 is 1.42 bits per heavy atom. The Morgan fingerprint density at radius 3 is 2.89 bits per heavy atom. The smallest absolute Gasteiger partial charge is 0.241 e. The molecule has 0 unspecified atom stereocenters. The van der Waals surface area contributed by atoms with Gasteiger partial charge in [-0.2, -0.15) is 0 Å². The lowest BCUT2D eigenvalue weighted by atomic mass is 10.3. The molecular formula is C11H13BrN4O2S. The quantitative estimate of drug-likeness (QED) is 0.711. The first-order chi connectivity index (χ1) is 8.99. The lowest BCUT2D eigenvalue weighted by Crippen LogP contribution is -2.26. The molecule has 102 valence electrons. The summed E-state index contributed by atoms with van der Waals surface area (Å²) in [5, 5.41) is 0. The molecule has 0 spiro atoms. The minimum absolute atomic E-state index is 0.131. The molecule has 8 heteroatoms. The fourth-order valence-electron chi connectivity index (χ4n) is 1.54. The Balaban J connectivity index is 2.07. The van der Waals surface area contributed by atoms with E-state index in [0.29, 0.717) is 16.6 Å². The third-order valence-electron chi connectivity index (χ3n) is 2.45. The van der Waals surface area contributed by atoms with E-state index in [9.17, 15) is 8.42 Å². The van der Waals surface area contributed by atoms with Gasteiger partial charge in [-0.25, -0.2) is 18.1 Å². The van der Waals surface area contributed by atoms with Crippen LogP contribution in [-0.2, 0) is 16.4 Å². The fourth-order valence-corrected chi connectivity index (χ4v) is 3.57. The topological polar surface area (TPSA) is 101 Å². The molecule has 0 radical (unpaired) electrons. The molecule has 0 aliphatic rings. The standard InChI is InChI=1S/C11H13BrN4O2S/c12-9-2-1-8(13)7-10(9)19(17,18)16-4-3-11-14-5-6-15-11/h1-2,5-7,16H,3-4,13H2,(H,14,15). The van der Waals surface area contributed by atoms with Crippen molar-refractivity contribution in [2.45, 2.75) is 11.3 Å². The van der Waals surface area contributed by atoms with E-state index in [1.165, 1.54) is 6.07 Å². The summed E-state index contributed by atoms with van der Waals surface area (Å²) in [7, 11) is -3.59. The van der Waals surface area contributed by atoms with Gasteiger partial charge in [-0.05, 0) is 34.1 Å². The van der Waals surface area contributed by atoms with Crippen LogP contribution in [0, 0.1) is 0 Å². The zero-order valence-corrected chi connectivity index (χ0v) is 12.3. The lowest BCUT2D eigenvalue weighted by Gasteiger charge is -2.08. The molecule has 4 N–H and O–H groups in total. The highest BCUT2D eigenvalue weighted by Crippen LogP contribution is 2.23. The van der Waals surface area contributed by atoms with Crippen LogP contribution in [0.2, 0.25) is 0 Å². The minimum atomic E-state index is -3.59. The Bertz CT molecular complexity index is 655. The predicted octanol–water partition coefficient (Wildman–Crippen LogP) is 1.28. The van der Waals surface area contributed by atoms with Crippen molar-refractivity contribution in [3.8, 4) is 0 Å². The number of hydrogen-bond acceptors (Lipinski definition) is 4. The summed E-state index contributed by atoms with van der Waals surface area (Å²) in [6.07, 6.45) is 3.81. The first-order valence-electron chi connectivity index (χ1n) is 5.52. The highest BCUT2D eigenvalue weighted by atomic mass is 79.9. The number of anilines is 1. The highest BCUT2D eigenvalue weighted by molar-refractivity contribution is 9.10. The van der Waals surface area contributed by atoms with Crippen LogP contribution in [0.5, 0.6) is 0 Å². The largest absolute Gasteiger partial charge is 0.399 e. The van der Waals surface area contributed by atoms with Gasteiger partial charge in [-0.15, -0.1) is 0 Å². The predicted molar refractivity (Wildman–Crippen MR) is 76.0 cm³/mol. The number of aromatic amines is 1. The number of nitrogens with zero attached hydrogens (tertiary/aromatic N) is 1. The third kappa shape index (κ3) is 3.55. The van der Waals surface area contributed by atoms with Crippen molar-refractivity contribution >= 4 is 31.6 Å². The number of hydrogen-bond donors (Lipinski definition) is 3. The number of halogens is 1. The average Bonchev–Trinajstić information content (AvgIpc) is 2.85. The first kappa shape index (κ1) is 14.0. The van der Waals surface area contributed by atoms with Crippen LogP contribution >= 0.6 is 15.9 Å². The van der Waals surface area contributed by atoms with Gasteiger partial charge in [0, 0.05) is 35.5 Å². The summed E-state index contributed by atoms with van der Waals surface area (Å²) >= 11 is 3.20. The number of nitrogen functional groups attached to an aromatic ring is 1. The average molecular weight is 345 g/mol. The van der Waals surface area contributed by atoms with Crippen molar-refractivity contribution in [3.05, 3.63) is 40.9 Å². The molecule has 1 aromatic heterocycles. The molecule has 0 aliphatic carbocycles. The van der Waals surface area contributed by atoms with E-state index >= 15 is 0 Å². The molecular weight excluding hydrogens is 332 g/mol. The number of nitrogens with one attached hydrogen (secondary N) is 2. The van der Waals surface area contributed by atoms with E-state index in [-0.39, 0.29) is 11.4 Å². The van der Waals surface area contributed by atoms with E-state index in [1.807, 2.05) is 0 Å². The summed E-state index contributed by atoms with van der Waals surface area (Å²) in [5.41, 5.74) is 6.00. The van der Waals surface area contributed by atoms with Gasteiger partial charge in [0.25, 0.3) is 0 Å². The maximum atomic E-state index is 12.1. The van der Waals surface area contributed by atoms with Crippen LogP contribution in [0.25, 0.3) is 0 Å². The molecule has 0 saturated carbocycles. The second-order valence-electron chi connectivity index (χ2n) is 3.87. The normalized spacial score (nSPS) is 11.6. The van der Waals surface area contributed by atoms with Gasteiger partial charge >= 0.3 is 0 Å². The molecule has 1 aromatic carbocycles. The number of benzene rings is 1. The van der Waals surface area contributed by atoms with Gasteiger partial charge < -0.3 is 10.7 Å². The number of imidazole rings is 1. The lowest BCUT2D eigenvalue weighted by molar-refractivity contribution is 0.580. The number of H-pyrrole nitrogens is 1. The van der Waals surface area contributed by atoms with Gasteiger partial charge in [-0.3, -0.25) is 0 Å². The number of sulfonamides is 1. The second kappa shape index (κ2) is 5.72. The monoisotopic (exact) mass is 344 g/mol. The van der Waals surface area contributed by atoms with E-state index in [1.54, 1.807) is 24.5 Å². The molecule has 2 rings (SSSR count). The van der Waals surface area contributed by atoms with Gasteiger partial charge in [-0.1, -0.05) is 0 Å². The fraction of sp³-hybridized carbons (Fsp3) is 0.182. The van der Waals surface area contributed by atoms with Crippen molar-refractivity contribution < 1.29 is 8.42 Å². The zero-order chi connectivity index (χ0) is 13.9. The summed E-state index contributed by atoms with van der Waals surface area (Å²) in [5.74, 6) is 0.731. The SMILES string of the molecule is Nc1ccc(Br)c(S(=O)(=O)NCCc2ncc[nH]2)c1. The van der Waals surface area contributed by atoms with Crippen LogP contribution in [0.4, 0.5) is 5.69 Å². The number of aromatic nitrogens is 2. The maximum absolute atomic E-state index is 12.1. The number of rotatable bonds is 5. The second-order valence-corrected chi connectivity index (χ2v) is 6.46. The van der Waals surface area contributed by atoms with E-state index in [0.717, 1.165) is 5.82 Å². The molecule has 0 amide bonds. The molecule has 0 saturated heterocycles. The summed E-state index contributed by atoms with van der Waals surface area (Å²) < 4.78 is 27.2. The van der Waals surface area contributed by atoms with Gasteiger partial charge in [0.1, 0.15) is 5.82 Å². The van der Waals surface area contributed by atoms with Crippen LogP contribution in [0.1, 0.15) is 5.82 Å². The highest BCUT2D eigenvalue weighted by Gasteiger charge is 2.17. The van der Waals surface area contributed by atoms with E-state index in [4.69, 9.17) is 5.73 Å². The Morgan fingerprint density at radius 2 is 2.21 bits per heavy atom. The van der Waals surface area contributed by atoms with E-state index in [2.05, 4.69) is 30.6 Å². The van der Waals surface area contributed by atoms with Crippen LogP contribution in [0.15, 0.2) is 40.0 Å². The van der Waals surface area contributed by atoms with Crippen molar-refractivity contribution in [3.63, 3.8) is 0 Å². The van der Waals surface area contributed by atoms with Crippen molar-refractivity contribution in [1.82, 2.24) is 14.7 Å². The summed E-state index contributed by atoms with van der Waals surface area (Å²) in [6.45, 7) is 0.261. The van der Waals surface area contributed by atoms with Crippen LogP contribution < -0.4 is 10.5 Å². The maximum Gasteiger partial charge on any atom is 0.241 e. The van der Waals surface area contributed by atoms with Gasteiger partial charge in [0.2, 0.25) is 10.0 Å². The zero-order valence-electron chi connectivity index (χ0n) is 9.93. The van der Waals surface area contributed by atoms with Gasteiger partial charge in [0.05, 0.1) is 4.90 Å². The first-order valence-corrected chi connectivity index (χ1v) is 7.79. The minimum Gasteiger partial charge on any atom is -0.399 e. The molecule has 0 fully saturated rings. The Kier molecular flexibility index (Phi) is 4.23. The molecule has 1 heterocycles. The molecule has 0 atom stereocenters. The summed E-state index contributed by atoms with van der Waals surface area (Å²) in [4.78, 5) is 7.06. The Hall–Kier alpha value is -1.38. The molecule has 19 heavy (non-hydrogen) atoms.